The van der Waals surface area contributed by atoms with E-state index in [2.05, 4.69) is 5.32 Å². The summed E-state index contributed by atoms with van der Waals surface area (Å²) in [6.45, 7) is 3.98. The van der Waals surface area contributed by atoms with Gasteiger partial charge in [-0.3, -0.25) is 9.59 Å². The molecule has 1 N–H and O–H groups in total. The van der Waals surface area contributed by atoms with Gasteiger partial charge in [0.05, 0.1) is 12.1 Å². The van der Waals surface area contributed by atoms with Gasteiger partial charge in [-0.25, -0.2) is 4.90 Å². The second-order valence-corrected chi connectivity index (χ2v) is 5.60. The number of imide groups is 1. The molecule has 0 aromatic heterocycles. The van der Waals surface area contributed by atoms with Crippen LogP contribution in [0, 0.1) is 13.8 Å². The monoisotopic (exact) mass is 294 g/mol. The van der Waals surface area contributed by atoms with Crippen LogP contribution in [-0.4, -0.2) is 17.9 Å². The molecule has 1 heterocycles. The second-order valence-electron chi connectivity index (χ2n) is 5.60. The molecule has 0 bridgehead atoms. The van der Waals surface area contributed by atoms with Gasteiger partial charge in [-0.2, -0.15) is 0 Å². The molecular formula is C18H18N2O2. The Labute approximate surface area is 129 Å². The number of anilines is 2. The van der Waals surface area contributed by atoms with Crippen LogP contribution in [0.15, 0.2) is 48.5 Å². The molecular weight excluding hydrogens is 276 g/mol. The van der Waals surface area contributed by atoms with Gasteiger partial charge < -0.3 is 5.32 Å². The van der Waals surface area contributed by atoms with Crippen LogP contribution >= 0.6 is 0 Å². The molecule has 2 aromatic rings. The highest BCUT2D eigenvalue weighted by Gasteiger charge is 2.39. The molecule has 1 fully saturated rings. The Bertz CT molecular complexity index is 725. The van der Waals surface area contributed by atoms with E-state index >= 15 is 0 Å². The molecule has 22 heavy (non-hydrogen) atoms. The third-order valence-electron chi connectivity index (χ3n) is 4.01. The fraction of sp³-hybridized carbons (Fsp3) is 0.222. The molecule has 1 saturated heterocycles. The molecule has 4 heteroatoms. The normalized spacial score (nSPS) is 17.9. The number of nitrogens with zero attached hydrogens (tertiary/aromatic N) is 1. The van der Waals surface area contributed by atoms with Crippen molar-refractivity contribution in [2.45, 2.75) is 26.3 Å². The molecule has 2 amide bonds. The Kier molecular flexibility index (Phi) is 3.67. The highest BCUT2D eigenvalue weighted by Crippen LogP contribution is 2.26. The molecule has 0 aliphatic carbocycles. The summed E-state index contributed by atoms with van der Waals surface area (Å²) in [5.74, 6) is -0.362. The highest BCUT2D eigenvalue weighted by atomic mass is 16.2. The Morgan fingerprint density at radius 1 is 1.00 bits per heavy atom. The number of aryl methyl sites for hydroxylation is 2. The lowest BCUT2D eigenvalue weighted by Crippen LogP contribution is -2.34. The van der Waals surface area contributed by atoms with Crippen molar-refractivity contribution < 1.29 is 9.59 Å². The molecule has 0 saturated carbocycles. The third kappa shape index (κ3) is 2.60. The number of rotatable bonds is 3. The van der Waals surface area contributed by atoms with Crippen molar-refractivity contribution in [3.63, 3.8) is 0 Å². The third-order valence-corrected chi connectivity index (χ3v) is 4.01. The van der Waals surface area contributed by atoms with Gasteiger partial charge >= 0.3 is 0 Å². The lowest BCUT2D eigenvalue weighted by molar-refractivity contribution is -0.121. The fourth-order valence-electron chi connectivity index (χ4n) is 2.62. The number of benzene rings is 2. The van der Waals surface area contributed by atoms with E-state index in [-0.39, 0.29) is 18.2 Å². The number of nitrogens with one attached hydrogen (secondary N) is 1. The summed E-state index contributed by atoms with van der Waals surface area (Å²) in [5.41, 5.74) is 3.70. The predicted molar refractivity (Wildman–Crippen MR) is 86.9 cm³/mol. The van der Waals surface area contributed by atoms with Crippen molar-refractivity contribution in [1.82, 2.24) is 0 Å². The van der Waals surface area contributed by atoms with Crippen LogP contribution in [0.2, 0.25) is 0 Å². The second kappa shape index (κ2) is 5.64. The zero-order chi connectivity index (χ0) is 15.7. The van der Waals surface area contributed by atoms with E-state index in [1.807, 2.05) is 62.4 Å². The number of carbonyl (C=O) groups is 2. The van der Waals surface area contributed by atoms with Crippen molar-refractivity contribution in [3.8, 4) is 0 Å². The van der Waals surface area contributed by atoms with Gasteiger partial charge in [0.1, 0.15) is 6.04 Å². The van der Waals surface area contributed by atoms with E-state index in [0.717, 1.165) is 16.8 Å². The molecule has 0 radical (unpaired) electrons. The zero-order valence-electron chi connectivity index (χ0n) is 12.7. The zero-order valence-corrected chi connectivity index (χ0v) is 12.7. The number of hydrogen-bond donors (Lipinski definition) is 1. The maximum Gasteiger partial charge on any atom is 0.256 e. The fourth-order valence-corrected chi connectivity index (χ4v) is 2.62. The SMILES string of the molecule is Cc1ccc(N2C(=O)C[C@H](Nc3ccccc3)C2=O)cc1C. The van der Waals surface area contributed by atoms with Gasteiger partial charge in [0, 0.05) is 5.69 Å². The summed E-state index contributed by atoms with van der Waals surface area (Å²) in [6.07, 6.45) is 0.181. The minimum Gasteiger partial charge on any atom is -0.373 e. The summed E-state index contributed by atoms with van der Waals surface area (Å²) in [7, 11) is 0. The van der Waals surface area contributed by atoms with Crippen molar-refractivity contribution >= 4 is 23.2 Å². The van der Waals surface area contributed by atoms with Crippen LogP contribution < -0.4 is 10.2 Å². The number of carbonyl (C=O) groups excluding carboxylic acids is 2. The first-order chi connectivity index (χ1) is 10.6. The van der Waals surface area contributed by atoms with E-state index in [1.54, 1.807) is 0 Å². The molecule has 1 aliphatic heterocycles. The minimum absolute atomic E-state index is 0.165. The van der Waals surface area contributed by atoms with E-state index < -0.39 is 6.04 Å². The quantitative estimate of drug-likeness (QED) is 0.885. The number of amides is 2. The summed E-state index contributed by atoms with van der Waals surface area (Å²) in [4.78, 5) is 26.1. The van der Waals surface area contributed by atoms with Crippen LogP contribution in [0.5, 0.6) is 0 Å². The Hall–Kier alpha value is -2.62. The minimum atomic E-state index is -0.503. The summed E-state index contributed by atoms with van der Waals surface area (Å²) >= 11 is 0. The van der Waals surface area contributed by atoms with E-state index in [9.17, 15) is 9.59 Å². The van der Waals surface area contributed by atoms with Crippen LogP contribution in [0.1, 0.15) is 17.5 Å². The predicted octanol–water partition coefficient (Wildman–Crippen LogP) is 3.05. The van der Waals surface area contributed by atoms with Crippen molar-refractivity contribution in [2.24, 2.45) is 0 Å². The van der Waals surface area contributed by atoms with E-state index in [4.69, 9.17) is 0 Å². The Morgan fingerprint density at radius 3 is 2.41 bits per heavy atom. The molecule has 112 valence electrons. The first kappa shape index (κ1) is 14.3. The maximum atomic E-state index is 12.6. The molecule has 2 aromatic carbocycles. The molecule has 0 spiro atoms. The molecule has 1 aliphatic rings. The topological polar surface area (TPSA) is 49.4 Å². The molecule has 4 nitrogen and oxygen atoms in total. The lowest BCUT2D eigenvalue weighted by Gasteiger charge is -2.17. The molecule has 0 unspecified atom stereocenters. The average molecular weight is 294 g/mol. The average Bonchev–Trinajstić information content (AvgIpc) is 2.78. The first-order valence-corrected chi connectivity index (χ1v) is 7.32. The summed E-state index contributed by atoms with van der Waals surface area (Å²) in [5, 5.41) is 3.13. The molecule has 3 rings (SSSR count). The number of hydrogen-bond acceptors (Lipinski definition) is 3. The van der Waals surface area contributed by atoms with Gasteiger partial charge in [-0.1, -0.05) is 24.3 Å². The summed E-state index contributed by atoms with van der Waals surface area (Å²) < 4.78 is 0. The van der Waals surface area contributed by atoms with Gasteiger partial charge in [0.25, 0.3) is 5.91 Å². The highest BCUT2D eigenvalue weighted by molar-refractivity contribution is 6.23. The standard InChI is InChI=1S/C18H18N2O2/c1-12-8-9-15(10-13(12)2)20-17(21)11-16(18(20)22)19-14-6-4-3-5-7-14/h3-10,16,19H,11H2,1-2H3/t16-/m0/s1. The van der Waals surface area contributed by atoms with Crippen molar-refractivity contribution in [2.75, 3.05) is 10.2 Å². The van der Waals surface area contributed by atoms with Gasteiger partial charge in [0.15, 0.2) is 0 Å². The molecule has 1 atom stereocenters. The van der Waals surface area contributed by atoms with E-state index in [0.29, 0.717) is 5.69 Å². The van der Waals surface area contributed by atoms with Crippen LogP contribution in [0.3, 0.4) is 0 Å². The van der Waals surface area contributed by atoms with Crippen LogP contribution in [-0.2, 0) is 9.59 Å². The smallest absolute Gasteiger partial charge is 0.256 e. The summed E-state index contributed by atoms with van der Waals surface area (Å²) in [6, 6.07) is 14.6. The maximum absolute atomic E-state index is 12.6. The van der Waals surface area contributed by atoms with Crippen molar-refractivity contribution in [3.05, 3.63) is 59.7 Å². The first-order valence-electron chi connectivity index (χ1n) is 7.32. The van der Waals surface area contributed by atoms with E-state index in [1.165, 1.54) is 4.90 Å². The van der Waals surface area contributed by atoms with Gasteiger partial charge in [-0.15, -0.1) is 0 Å². The van der Waals surface area contributed by atoms with Crippen molar-refractivity contribution in [1.29, 1.82) is 0 Å². The lowest BCUT2D eigenvalue weighted by atomic mass is 10.1. The van der Waals surface area contributed by atoms with Crippen LogP contribution in [0.25, 0.3) is 0 Å². The van der Waals surface area contributed by atoms with Gasteiger partial charge in [-0.05, 0) is 49.2 Å². The van der Waals surface area contributed by atoms with Gasteiger partial charge in [0.2, 0.25) is 5.91 Å². The number of para-hydroxylation sites is 1. The largest absolute Gasteiger partial charge is 0.373 e. The van der Waals surface area contributed by atoms with Crippen LogP contribution in [0.4, 0.5) is 11.4 Å². The Balaban J connectivity index is 1.83. The Morgan fingerprint density at radius 2 is 1.73 bits per heavy atom.